The lowest BCUT2D eigenvalue weighted by atomic mass is 10.2. The van der Waals surface area contributed by atoms with Gasteiger partial charge in [-0.05, 0) is 17.5 Å². The lowest BCUT2D eigenvalue weighted by Gasteiger charge is -1.96. The highest BCUT2D eigenvalue weighted by atomic mass is 35.5. The number of carbonyl (C=O) groups excluding carboxylic acids is 1. The molecule has 0 aliphatic heterocycles. The second-order valence-electron chi connectivity index (χ2n) is 2.59. The number of benzene rings is 1. The van der Waals surface area contributed by atoms with Crippen molar-refractivity contribution in [2.24, 2.45) is 0 Å². The Bertz CT molecular complexity index is 476. The molecule has 13 heavy (non-hydrogen) atoms. The Labute approximate surface area is 83.4 Å². The third-order valence-electron chi connectivity index (χ3n) is 1.79. The van der Waals surface area contributed by atoms with Gasteiger partial charge in [-0.25, -0.2) is 0 Å². The summed E-state index contributed by atoms with van der Waals surface area (Å²) in [6.07, 6.45) is 0.627. The van der Waals surface area contributed by atoms with Crippen LogP contribution in [-0.2, 0) is 0 Å². The molecule has 0 spiro atoms. The van der Waals surface area contributed by atoms with Crippen molar-refractivity contribution < 1.29 is 9.90 Å². The number of aldehydes is 1. The van der Waals surface area contributed by atoms with Crippen LogP contribution in [0, 0.1) is 0 Å². The maximum absolute atomic E-state index is 10.5. The summed E-state index contributed by atoms with van der Waals surface area (Å²) in [6, 6.07) is 5.10. The van der Waals surface area contributed by atoms with E-state index in [9.17, 15) is 9.90 Å². The van der Waals surface area contributed by atoms with Crippen molar-refractivity contribution in [3.8, 4) is 5.75 Å². The maximum Gasteiger partial charge on any atom is 0.153 e. The minimum absolute atomic E-state index is 0.0180. The highest BCUT2D eigenvalue weighted by Gasteiger charge is 2.08. The molecular formula is C9H5ClO2S. The molecule has 1 heterocycles. The van der Waals surface area contributed by atoms with Crippen LogP contribution in [-0.4, -0.2) is 11.4 Å². The van der Waals surface area contributed by atoms with Crippen molar-refractivity contribution in [3.63, 3.8) is 0 Å². The number of hydrogen-bond donors (Lipinski definition) is 1. The summed E-state index contributed by atoms with van der Waals surface area (Å²) in [6.45, 7) is 0. The van der Waals surface area contributed by atoms with Crippen LogP contribution in [0.5, 0.6) is 5.75 Å². The Kier molecular flexibility index (Phi) is 1.98. The van der Waals surface area contributed by atoms with Gasteiger partial charge in [-0.2, -0.15) is 0 Å². The van der Waals surface area contributed by atoms with E-state index >= 15 is 0 Å². The lowest BCUT2D eigenvalue weighted by molar-refractivity contribution is 0.112. The first-order valence-corrected chi connectivity index (χ1v) is 4.78. The molecule has 1 aromatic heterocycles. The number of phenolic OH excluding ortho intramolecular Hbond substituents is 1. The van der Waals surface area contributed by atoms with Gasteiger partial charge in [0.1, 0.15) is 5.75 Å². The molecule has 0 aliphatic rings. The highest BCUT2D eigenvalue weighted by molar-refractivity contribution is 7.23. The fourth-order valence-corrected chi connectivity index (χ4v) is 2.36. The maximum atomic E-state index is 10.5. The Morgan fingerprint density at radius 1 is 1.46 bits per heavy atom. The average molecular weight is 213 g/mol. The second kappa shape index (κ2) is 3.01. The van der Waals surface area contributed by atoms with E-state index in [2.05, 4.69) is 0 Å². The summed E-state index contributed by atoms with van der Waals surface area (Å²) in [5.74, 6) is 0.0180. The van der Waals surface area contributed by atoms with Gasteiger partial charge < -0.3 is 5.11 Å². The van der Waals surface area contributed by atoms with Crippen LogP contribution < -0.4 is 0 Å². The van der Waals surface area contributed by atoms with E-state index in [1.54, 1.807) is 18.2 Å². The first kappa shape index (κ1) is 8.53. The number of carbonyl (C=O) groups is 1. The third kappa shape index (κ3) is 1.30. The predicted octanol–water partition coefficient (Wildman–Crippen LogP) is 3.07. The molecule has 4 heteroatoms. The van der Waals surface area contributed by atoms with E-state index in [0.29, 0.717) is 20.9 Å². The van der Waals surface area contributed by atoms with Crippen LogP contribution in [0.25, 0.3) is 10.1 Å². The van der Waals surface area contributed by atoms with E-state index < -0.39 is 0 Å². The van der Waals surface area contributed by atoms with Crippen LogP contribution in [0.4, 0.5) is 0 Å². The van der Waals surface area contributed by atoms with Gasteiger partial charge >= 0.3 is 0 Å². The average Bonchev–Trinajstić information content (AvgIpc) is 2.47. The smallest absolute Gasteiger partial charge is 0.153 e. The molecule has 0 bridgehead atoms. The molecule has 0 saturated heterocycles. The Hall–Kier alpha value is -1.06. The molecule has 0 atom stereocenters. The monoisotopic (exact) mass is 212 g/mol. The summed E-state index contributed by atoms with van der Waals surface area (Å²) in [5, 5.41) is 10.4. The zero-order valence-corrected chi connectivity index (χ0v) is 8.02. The summed E-state index contributed by atoms with van der Waals surface area (Å²) in [4.78, 5) is 10.5. The van der Waals surface area contributed by atoms with Crippen molar-refractivity contribution in [2.75, 3.05) is 0 Å². The van der Waals surface area contributed by atoms with Crippen LogP contribution in [0.2, 0.25) is 4.34 Å². The normalized spacial score (nSPS) is 10.5. The van der Waals surface area contributed by atoms with Crippen molar-refractivity contribution >= 4 is 39.3 Å². The van der Waals surface area contributed by atoms with E-state index in [1.165, 1.54) is 11.3 Å². The number of thiophene rings is 1. The van der Waals surface area contributed by atoms with Gasteiger partial charge in [-0.3, -0.25) is 4.79 Å². The van der Waals surface area contributed by atoms with Gasteiger partial charge in [0.15, 0.2) is 6.29 Å². The third-order valence-corrected chi connectivity index (χ3v) is 3.08. The molecule has 0 fully saturated rings. The zero-order valence-electron chi connectivity index (χ0n) is 6.45. The quantitative estimate of drug-likeness (QED) is 0.738. The summed E-state index contributed by atoms with van der Waals surface area (Å²) < 4.78 is 1.27. The van der Waals surface area contributed by atoms with E-state index in [0.717, 1.165) is 5.39 Å². The minimum atomic E-state index is 0.0180. The molecule has 0 unspecified atom stereocenters. The van der Waals surface area contributed by atoms with E-state index in [1.807, 2.05) is 0 Å². The Morgan fingerprint density at radius 2 is 2.23 bits per heavy atom. The fourth-order valence-electron chi connectivity index (χ4n) is 1.17. The summed E-state index contributed by atoms with van der Waals surface area (Å²) >= 11 is 7.03. The molecule has 1 aromatic carbocycles. The van der Waals surface area contributed by atoms with Crippen molar-refractivity contribution in [1.82, 2.24) is 0 Å². The number of aromatic hydroxyl groups is 1. The van der Waals surface area contributed by atoms with Crippen LogP contribution >= 0.6 is 22.9 Å². The van der Waals surface area contributed by atoms with Crippen molar-refractivity contribution in [3.05, 3.63) is 28.1 Å². The number of phenols is 1. The Balaban J connectivity index is 2.85. The standard InChI is InChI=1S/C9H5ClO2S/c10-7-3-5-1-2-6(4-11)8(12)9(5)13-7/h1-4,12H. The topological polar surface area (TPSA) is 37.3 Å². The van der Waals surface area contributed by atoms with Gasteiger partial charge in [0, 0.05) is 0 Å². The van der Waals surface area contributed by atoms with Gasteiger partial charge in [-0.15, -0.1) is 11.3 Å². The van der Waals surface area contributed by atoms with Crippen LogP contribution in [0.15, 0.2) is 18.2 Å². The van der Waals surface area contributed by atoms with Gasteiger partial charge in [-0.1, -0.05) is 17.7 Å². The van der Waals surface area contributed by atoms with Crippen LogP contribution in [0.3, 0.4) is 0 Å². The molecule has 0 saturated carbocycles. The molecule has 1 N–H and O–H groups in total. The minimum Gasteiger partial charge on any atom is -0.506 e. The molecule has 2 rings (SSSR count). The molecule has 0 aliphatic carbocycles. The number of fused-ring (bicyclic) bond motifs is 1. The number of hydrogen-bond acceptors (Lipinski definition) is 3. The van der Waals surface area contributed by atoms with Gasteiger partial charge in [0.2, 0.25) is 0 Å². The molecule has 2 aromatic rings. The highest BCUT2D eigenvalue weighted by Crippen LogP contribution is 2.36. The Morgan fingerprint density at radius 3 is 2.92 bits per heavy atom. The molecular weight excluding hydrogens is 208 g/mol. The molecule has 0 amide bonds. The van der Waals surface area contributed by atoms with Crippen molar-refractivity contribution in [2.45, 2.75) is 0 Å². The second-order valence-corrected chi connectivity index (χ2v) is 4.27. The first-order valence-electron chi connectivity index (χ1n) is 3.58. The van der Waals surface area contributed by atoms with Crippen molar-refractivity contribution in [1.29, 1.82) is 0 Å². The fraction of sp³-hybridized carbons (Fsp3) is 0. The predicted molar refractivity (Wildman–Crippen MR) is 53.9 cm³/mol. The van der Waals surface area contributed by atoms with E-state index in [-0.39, 0.29) is 5.75 Å². The first-order chi connectivity index (χ1) is 6.22. The van der Waals surface area contributed by atoms with Gasteiger partial charge in [0.25, 0.3) is 0 Å². The summed E-state index contributed by atoms with van der Waals surface area (Å²) in [7, 11) is 0. The number of halogens is 1. The molecule has 2 nitrogen and oxygen atoms in total. The van der Waals surface area contributed by atoms with E-state index in [4.69, 9.17) is 11.6 Å². The molecule has 0 radical (unpaired) electrons. The zero-order chi connectivity index (χ0) is 9.42. The lowest BCUT2D eigenvalue weighted by Crippen LogP contribution is -1.79. The van der Waals surface area contributed by atoms with Gasteiger partial charge in [0.05, 0.1) is 14.6 Å². The largest absolute Gasteiger partial charge is 0.506 e. The number of rotatable bonds is 1. The van der Waals surface area contributed by atoms with Crippen LogP contribution in [0.1, 0.15) is 10.4 Å². The molecule has 66 valence electrons. The summed E-state index contributed by atoms with van der Waals surface area (Å²) in [5.41, 5.74) is 0.297. The SMILES string of the molecule is O=Cc1ccc2cc(Cl)sc2c1O.